The molecule has 2 rings (SSSR count). The predicted molar refractivity (Wildman–Crippen MR) is 51.9 cm³/mol. The Kier molecular flexibility index (Phi) is 2.03. The number of nitrogens with zero attached hydrogens (tertiary/aromatic N) is 2. The summed E-state index contributed by atoms with van der Waals surface area (Å²) in [6.45, 7) is 1.75. The van der Waals surface area contributed by atoms with Crippen molar-refractivity contribution in [2.45, 2.75) is 13.3 Å². The largest absolute Gasteiger partial charge is 0.481 e. The fraction of sp³-hybridized carbons (Fsp3) is 0.222. The highest BCUT2D eigenvalue weighted by Gasteiger charge is 2.10. The van der Waals surface area contributed by atoms with E-state index in [1.54, 1.807) is 13.1 Å². The molecule has 2 aromatic rings. The first-order valence-corrected chi connectivity index (χ1v) is 4.36. The number of aliphatic carboxylic acids is 1. The van der Waals surface area contributed by atoms with Crippen LogP contribution in [0, 0.1) is 6.92 Å². The minimum atomic E-state index is -1.04. The summed E-state index contributed by atoms with van der Waals surface area (Å²) in [5, 5.41) is 8.60. The number of fused-ring (bicyclic) bond motifs is 1. The Balaban J connectivity index is 2.69. The van der Waals surface area contributed by atoms with Gasteiger partial charge in [0.15, 0.2) is 0 Å². The first-order chi connectivity index (χ1) is 7.09. The van der Waals surface area contributed by atoms with Crippen molar-refractivity contribution < 1.29 is 9.90 Å². The number of carboxylic acids is 1. The molecule has 2 N–H and O–H groups in total. The summed E-state index contributed by atoms with van der Waals surface area (Å²) in [6.07, 6.45) is 2.63. The maximum absolute atomic E-state index is 11.8. The van der Waals surface area contributed by atoms with Gasteiger partial charge in [0.2, 0.25) is 5.78 Å². The Morgan fingerprint density at radius 1 is 1.67 bits per heavy atom. The van der Waals surface area contributed by atoms with E-state index >= 15 is 0 Å². The fourth-order valence-electron chi connectivity index (χ4n) is 1.44. The number of aromatic nitrogens is 3. The van der Waals surface area contributed by atoms with Crippen LogP contribution in [-0.4, -0.2) is 25.4 Å². The second kappa shape index (κ2) is 3.23. The van der Waals surface area contributed by atoms with E-state index in [1.807, 2.05) is 0 Å². The van der Waals surface area contributed by atoms with E-state index in [9.17, 15) is 9.59 Å². The molecule has 0 aromatic carbocycles. The summed E-state index contributed by atoms with van der Waals surface area (Å²) in [7, 11) is 0. The normalized spacial score (nSPS) is 10.7. The van der Waals surface area contributed by atoms with Crippen molar-refractivity contribution in [1.29, 1.82) is 0 Å². The first-order valence-electron chi connectivity index (χ1n) is 4.36. The molecule has 0 aliphatic heterocycles. The summed E-state index contributed by atoms with van der Waals surface area (Å²) in [5.41, 5.74) is 0.554. The van der Waals surface area contributed by atoms with Crippen molar-refractivity contribution in [2.24, 2.45) is 0 Å². The second-order valence-corrected chi connectivity index (χ2v) is 3.25. The Hall–Kier alpha value is -2.11. The standard InChI is InChI=1S/C9H9N3O3/c1-5-3-10-9-11-4-6(2-7(13)14)8(15)12(5)9/h3-4H,2H2,1H3,(H,10,11)(H,13,14). The molecule has 0 saturated carbocycles. The van der Waals surface area contributed by atoms with Crippen LogP contribution in [-0.2, 0) is 11.2 Å². The number of carbonyl (C=O) groups is 1. The van der Waals surface area contributed by atoms with Crippen LogP contribution in [0.15, 0.2) is 17.2 Å². The van der Waals surface area contributed by atoms with E-state index in [0.717, 1.165) is 0 Å². The third-order valence-electron chi connectivity index (χ3n) is 2.14. The molecule has 0 saturated heterocycles. The number of nitrogens with one attached hydrogen (secondary N) is 1. The van der Waals surface area contributed by atoms with Crippen LogP contribution >= 0.6 is 0 Å². The molecule has 6 nitrogen and oxygen atoms in total. The molecule has 0 radical (unpaired) electrons. The van der Waals surface area contributed by atoms with Gasteiger partial charge in [-0.2, -0.15) is 0 Å². The van der Waals surface area contributed by atoms with Crippen LogP contribution in [0.2, 0.25) is 0 Å². The summed E-state index contributed by atoms with van der Waals surface area (Å²) in [6, 6.07) is 0. The van der Waals surface area contributed by atoms with E-state index < -0.39 is 5.97 Å². The van der Waals surface area contributed by atoms with Gasteiger partial charge >= 0.3 is 5.97 Å². The minimum absolute atomic E-state index is 0.183. The molecule has 0 aliphatic rings. The predicted octanol–water partition coefficient (Wildman–Crippen LogP) is -0.0419. The quantitative estimate of drug-likeness (QED) is 0.723. The third kappa shape index (κ3) is 1.50. The lowest BCUT2D eigenvalue weighted by atomic mass is 10.2. The van der Waals surface area contributed by atoms with Gasteiger partial charge in [0.05, 0.1) is 6.42 Å². The number of aromatic amines is 1. The van der Waals surface area contributed by atoms with Crippen molar-refractivity contribution in [3.05, 3.63) is 34.0 Å². The van der Waals surface area contributed by atoms with Crippen LogP contribution in [0.3, 0.4) is 0 Å². The maximum Gasteiger partial charge on any atom is 0.308 e. The van der Waals surface area contributed by atoms with Gasteiger partial charge in [-0.15, -0.1) is 0 Å². The molecular weight excluding hydrogens is 198 g/mol. The lowest BCUT2D eigenvalue weighted by Crippen LogP contribution is -2.21. The van der Waals surface area contributed by atoms with Gasteiger partial charge in [-0.05, 0) is 6.92 Å². The maximum atomic E-state index is 11.8. The first kappa shape index (κ1) is 9.45. The molecule has 0 bridgehead atoms. The van der Waals surface area contributed by atoms with Gasteiger partial charge in [0.1, 0.15) is 0 Å². The number of rotatable bonds is 2. The van der Waals surface area contributed by atoms with Crippen LogP contribution < -0.4 is 5.56 Å². The van der Waals surface area contributed by atoms with Crippen molar-refractivity contribution in [2.75, 3.05) is 0 Å². The van der Waals surface area contributed by atoms with Crippen molar-refractivity contribution in [3.63, 3.8) is 0 Å². The van der Waals surface area contributed by atoms with Gasteiger partial charge < -0.3 is 10.1 Å². The van der Waals surface area contributed by atoms with E-state index in [0.29, 0.717) is 11.5 Å². The van der Waals surface area contributed by atoms with E-state index in [2.05, 4.69) is 9.97 Å². The molecule has 0 spiro atoms. The van der Waals surface area contributed by atoms with Crippen LogP contribution in [0.4, 0.5) is 0 Å². The molecule has 0 unspecified atom stereocenters. The summed E-state index contributed by atoms with van der Waals surface area (Å²) in [4.78, 5) is 29.1. The highest BCUT2D eigenvalue weighted by atomic mass is 16.4. The number of imidazole rings is 1. The highest BCUT2D eigenvalue weighted by molar-refractivity contribution is 5.69. The number of H-pyrrole nitrogens is 1. The Morgan fingerprint density at radius 2 is 2.40 bits per heavy atom. The Morgan fingerprint density at radius 3 is 3.07 bits per heavy atom. The zero-order valence-electron chi connectivity index (χ0n) is 8.02. The number of carboxylic acid groups (broad SMARTS) is 1. The molecule has 78 valence electrons. The summed E-state index contributed by atoms with van der Waals surface area (Å²) < 4.78 is 1.36. The van der Waals surface area contributed by atoms with Crippen LogP contribution in [0.5, 0.6) is 0 Å². The highest BCUT2D eigenvalue weighted by Crippen LogP contribution is 2.00. The number of aryl methyl sites for hydroxylation is 1. The lowest BCUT2D eigenvalue weighted by molar-refractivity contribution is -0.136. The average Bonchev–Trinajstić information content (AvgIpc) is 2.53. The van der Waals surface area contributed by atoms with Crippen molar-refractivity contribution in [3.8, 4) is 0 Å². The molecule has 15 heavy (non-hydrogen) atoms. The third-order valence-corrected chi connectivity index (χ3v) is 2.14. The van der Waals surface area contributed by atoms with Crippen molar-refractivity contribution in [1.82, 2.24) is 14.4 Å². The van der Waals surface area contributed by atoms with Crippen molar-refractivity contribution >= 4 is 11.7 Å². The lowest BCUT2D eigenvalue weighted by Gasteiger charge is -1.98. The Bertz CT molecular complexity index is 582. The van der Waals surface area contributed by atoms with Crippen LogP contribution in [0.25, 0.3) is 5.78 Å². The summed E-state index contributed by atoms with van der Waals surface area (Å²) in [5.74, 6) is -0.617. The molecule has 2 heterocycles. The molecule has 0 fully saturated rings. The van der Waals surface area contributed by atoms with E-state index in [1.165, 1.54) is 10.6 Å². The molecule has 2 aromatic heterocycles. The molecule has 6 heteroatoms. The molecule has 0 amide bonds. The topological polar surface area (TPSA) is 87.5 Å². The van der Waals surface area contributed by atoms with Gasteiger partial charge in [-0.25, -0.2) is 9.38 Å². The SMILES string of the molecule is Cc1c[nH]c2ncc(CC(=O)O)c(=O)n12. The van der Waals surface area contributed by atoms with Crippen LogP contribution in [0.1, 0.15) is 11.3 Å². The van der Waals surface area contributed by atoms with Gasteiger partial charge in [-0.1, -0.05) is 0 Å². The zero-order chi connectivity index (χ0) is 11.0. The fourth-order valence-corrected chi connectivity index (χ4v) is 1.44. The Labute approximate surface area is 84.2 Å². The minimum Gasteiger partial charge on any atom is -0.481 e. The number of hydrogen-bond acceptors (Lipinski definition) is 3. The smallest absolute Gasteiger partial charge is 0.308 e. The van der Waals surface area contributed by atoms with E-state index in [-0.39, 0.29) is 17.5 Å². The van der Waals surface area contributed by atoms with Gasteiger partial charge in [0, 0.05) is 23.7 Å². The monoisotopic (exact) mass is 207 g/mol. The molecular formula is C9H9N3O3. The van der Waals surface area contributed by atoms with Gasteiger partial charge in [-0.3, -0.25) is 9.59 Å². The average molecular weight is 207 g/mol. The second-order valence-electron chi connectivity index (χ2n) is 3.25. The molecule has 0 aliphatic carbocycles. The molecule has 0 atom stereocenters. The zero-order valence-corrected chi connectivity index (χ0v) is 8.02. The summed E-state index contributed by atoms with van der Waals surface area (Å²) >= 11 is 0. The van der Waals surface area contributed by atoms with Gasteiger partial charge in [0.25, 0.3) is 5.56 Å². The number of hydrogen-bond donors (Lipinski definition) is 2. The van der Waals surface area contributed by atoms with E-state index in [4.69, 9.17) is 5.11 Å².